The number of carbonyl (C=O) groups excluding carboxylic acids is 1. The third-order valence-electron chi connectivity index (χ3n) is 3.94. The number of amides is 1. The number of hydrogen-bond donors (Lipinski definition) is 1. The van der Waals surface area contributed by atoms with Gasteiger partial charge in [-0.15, -0.1) is 0 Å². The molecule has 1 heterocycles. The number of nitrogens with one attached hydrogen (secondary N) is 1. The molecular weight excluding hydrogens is 300 g/mol. The van der Waals surface area contributed by atoms with Crippen LogP contribution in [0.2, 0.25) is 0 Å². The lowest BCUT2D eigenvalue weighted by molar-refractivity contribution is -0.133. The fourth-order valence-electron chi connectivity index (χ4n) is 2.67. The summed E-state index contributed by atoms with van der Waals surface area (Å²) >= 11 is 0. The molecule has 0 radical (unpaired) electrons. The molecule has 1 N–H and O–H groups in total. The predicted octanol–water partition coefficient (Wildman–Crippen LogP) is 1.68. The average Bonchev–Trinajstić information content (AvgIpc) is 2.51. The molecule has 122 valence electrons. The smallest absolute Gasteiger partial charge is 0.240 e. The molecule has 22 heavy (non-hydrogen) atoms. The largest absolute Gasteiger partial charge is 0.337 e. The maximum atomic E-state index is 12.5. The van der Waals surface area contributed by atoms with Crippen molar-refractivity contribution < 1.29 is 13.2 Å². The number of carbonyl (C=O) groups is 1. The standard InChI is InChI=1S/C16H24N2O3S/c1-3-4-11-22(20,21)17-13(2)16(19)18-10-9-14-7-5-6-8-15(14)12-18/h5-8,13,17H,3-4,9-12H2,1-2H3/t13-/m0/s1. The minimum Gasteiger partial charge on any atom is -0.337 e. The number of sulfonamides is 1. The summed E-state index contributed by atoms with van der Waals surface area (Å²) in [6.45, 7) is 4.74. The highest BCUT2D eigenvalue weighted by molar-refractivity contribution is 7.89. The summed E-state index contributed by atoms with van der Waals surface area (Å²) in [5.41, 5.74) is 2.41. The maximum Gasteiger partial charge on any atom is 0.240 e. The Morgan fingerprint density at radius 1 is 1.32 bits per heavy atom. The average molecular weight is 324 g/mol. The molecule has 1 amide bonds. The Morgan fingerprint density at radius 2 is 2.00 bits per heavy atom. The molecule has 6 heteroatoms. The van der Waals surface area contributed by atoms with Crippen LogP contribution in [0.5, 0.6) is 0 Å². The summed E-state index contributed by atoms with van der Waals surface area (Å²) in [5, 5.41) is 0. The van der Waals surface area contributed by atoms with Crippen molar-refractivity contribution in [3.05, 3.63) is 35.4 Å². The van der Waals surface area contributed by atoms with Gasteiger partial charge in [-0.05, 0) is 30.9 Å². The highest BCUT2D eigenvalue weighted by Gasteiger charge is 2.27. The number of hydrogen-bond acceptors (Lipinski definition) is 3. The molecule has 0 bridgehead atoms. The van der Waals surface area contributed by atoms with Gasteiger partial charge in [0.05, 0.1) is 11.8 Å². The highest BCUT2D eigenvalue weighted by atomic mass is 32.2. The molecule has 1 aliphatic rings. The van der Waals surface area contributed by atoms with Gasteiger partial charge in [0.25, 0.3) is 0 Å². The lowest BCUT2D eigenvalue weighted by atomic mass is 9.99. The van der Waals surface area contributed by atoms with Gasteiger partial charge in [0.2, 0.25) is 15.9 Å². The summed E-state index contributed by atoms with van der Waals surface area (Å²) in [6.07, 6.45) is 2.23. The van der Waals surface area contributed by atoms with Gasteiger partial charge in [-0.25, -0.2) is 13.1 Å². The molecule has 1 aliphatic heterocycles. The summed E-state index contributed by atoms with van der Waals surface area (Å²) in [4.78, 5) is 14.2. The molecule has 1 atom stereocenters. The lowest BCUT2D eigenvalue weighted by Gasteiger charge is -2.31. The zero-order valence-corrected chi connectivity index (χ0v) is 14.0. The van der Waals surface area contributed by atoms with Gasteiger partial charge >= 0.3 is 0 Å². The summed E-state index contributed by atoms with van der Waals surface area (Å²) in [7, 11) is -3.38. The van der Waals surface area contributed by atoms with Gasteiger partial charge < -0.3 is 4.90 Å². The first kappa shape index (κ1) is 17.0. The molecule has 1 aromatic carbocycles. The van der Waals surface area contributed by atoms with Crippen molar-refractivity contribution in [2.24, 2.45) is 0 Å². The van der Waals surface area contributed by atoms with E-state index >= 15 is 0 Å². The fourth-order valence-corrected chi connectivity index (χ4v) is 4.10. The molecule has 0 unspecified atom stereocenters. The van der Waals surface area contributed by atoms with E-state index < -0.39 is 16.1 Å². The van der Waals surface area contributed by atoms with E-state index in [-0.39, 0.29) is 11.7 Å². The van der Waals surface area contributed by atoms with Crippen LogP contribution in [0.25, 0.3) is 0 Å². The Bertz CT molecular complexity index is 628. The summed E-state index contributed by atoms with van der Waals surface area (Å²) in [5.74, 6) is -0.0844. The zero-order chi connectivity index (χ0) is 16.2. The molecule has 0 aliphatic carbocycles. The number of fused-ring (bicyclic) bond motifs is 1. The van der Waals surface area contributed by atoms with E-state index in [4.69, 9.17) is 0 Å². The second kappa shape index (κ2) is 7.24. The van der Waals surface area contributed by atoms with Crippen LogP contribution < -0.4 is 4.72 Å². The Morgan fingerprint density at radius 3 is 2.68 bits per heavy atom. The van der Waals surface area contributed by atoms with Gasteiger partial charge in [0, 0.05) is 13.1 Å². The third kappa shape index (κ3) is 4.30. The monoisotopic (exact) mass is 324 g/mol. The fraction of sp³-hybridized carbons (Fsp3) is 0.562. The van der Waals surface area contributed by atoms with Gasteiger partial charge in [-0.1, -0.05) is 37.6 Å². The van der Waals surface area contributed by atoms with E-state index in [1.165, 1.54) is 5.56 Å². The first-order chi connectivity index (χ1) is 10.4. The molecule has 0 saturated carbocycles. The van der Waals surface area contributed by atoms with Crippen molar-refractivity contribution >= 4 is 15.9 Å². The number of unbranched alkanes of at least 4 members (excludes halogenated alkanes) is 1. The molecule has 0 saturated heterocycles. The summed E-state index contributed by atoms with van der Waals surface area (Å²) < 4.78 is 26.3. The van der Waals surface area contributed by atoms with E-state index in [0.717, 1.165) is 18.4 Å². The van der Waals surface area contributed by atoms with E-state index in [0.29, 0.717) is 19.5 Å². The van der Waals surface area contributed by atoms with Crippen LogP contribution in [0.15, 0.2) is 24.3 Å². The maximum absolute atomic E-state index is 12.5. The third-order valence-corrected chi connectivity index (χ3v) is 5.47. The van der Waals surface area contributed by atoms with Crippen LogP contribution in [0.4, 0.5) is 0 Å². The molecular formula is C16H24N2O3S. The first-order valence-corrected chi connectivity index (χ1v) is 9.43. The van der Waals surface area contributed by atoms with Crippen LogP contribution in [0.1, 0.15) is 37.8 Å². The molecule has 0 aromatic heterocycles. The Labute approximate surface area is 132 Å². The predicted molar refractivity (Wildman–Crippen MR) is 86.9 cm³/mol. The van der Waals surface area contributed by atoms with Crippen molar-refractivity contribution in [3.63, 3.8) is 0 Å². The van der Waals surface area contributed by atoms with Crippen LogP contribution in [-0.4, -0.2) is 37.6 Å². The highest BCUT2D eigenvalue weighted by Crippen LogP contribution is 2.19. The van der Waals surface area contributed by atoms with Gasteiger partial charge in [0.15, 0.2) is 0 Å². The second-order valence-corrected chi connectivity index (χ2v) is 7.66. The second-order valence-electron chi connectivity index (χ2n) is 5.79. The van der Waals surface area contributed by atoms with Crippen LogP contribution in [-0.2, 0) is 27.8 Å². The molecule has 0 fully saturated rings. The number of rotatable bonds is 6. The van der Waals surface area contributed by atoms with Crippen LogP contribution in [0, 0.1) is 0 Å². The lowest BCUT2D eigenvalue weighted by Crippen LogP contribution is -2.48. The van der Waals surface area contributed by atoms with Crippen LogP contribution in [0.3, 0.4) is 0 Å². The Hall–Kier alpha value is -1.40. The SMILES string of the molecule is CCCCS(=O)(=O)N[C@@H](C)C(=O)N1CCc2ccccc2C1. The van der Waals surface area contributed by atoms with Gasteiger partial charge in [-0.3, -0.25) is 4.79 Å². The minimum absolute atomic E-state index is 0.0734. The number of nitrogens with zero attached hydrogens (tertiary/aromatic N) is 1. The van der Waals surface area contributed by atoms with E-state index in [9.17, 15) is 13.2 Å². The van der Waals surface area contributed by atoms with Crippen molar-refractivity contribution in [1.29, 1.82) is 0 Å². The van der Waals surface area contributed by atoms with E-state index in [2.05, 4.69) is 10.8 Å². The zero-order valence-electron chi connectivity index (χ0n) is 13.2. The topological polar surface area (TPSA) is 66.5 Å². The molecule has 0 spiro atoms. The van der Waals surface area contributed by atoms with Gasteiger partial charge in [-0.2, -0.15) is 0 Å². The van der Waals surface area contributed by atoms with E-state index in [1.54, 1.807) is 11.8 Å². The minimum atomic E-state index is -3.38. The van der Waals surface area contributed by atoms with Crippen molar-refractivity contribution in [2.75, 3.05) is 12.3 Å². The van der Waals surface area contributed by atoms with Crippen molar-refractivity contribution in [3.8, 4) is 0 Å². The van der Waals surface area contributed by atoms with E-state index in [1.807, 2.05) is 25.1 Å². The molecule has 5 nitrogen and oxygen atoms in total. The Balaban J connectivity index is 1.97. The van der Waals surface area contributed by atoms with Crippen LogP contribution >= 0.6 is 0 Å². The van der Waals surface area contributed by atoms with Crippen molar-refractivity contribution in [1.82, 2.24) is 9.62 Å². The summed E-state index contributed by atoms with van der Waals surface area (Å²) in [6, 6.07) is 7.34. The quantitative estimate of drug-likeness (QED) is 0.866. The normalized spacial score (nSPS) is 16.2. The molecule has 1 aromatic rings. The Kier molecular flexibility index (Phi) is 5.58. The van der Waals surface area contributed by atoms with Crippen molar-refractivity contribution in [2.45, 2.75) is 45.7 Å². The first-order valence-electron chi connectivity index (χ1n) is 7.78. The number of benzene rings is 1. The van der Waals surface area contributed by atoms with Gasteiger partial charge in [0.1, 0.15) is 0 Å². The molecule has 2 rings (SSSR count).